The molecule has 2 aromatic rings. The number of aromatic nitrogens is 1. The average Bonchev–Trinajstić information content (AvgIpc) is 2.92. The highest BCUT2D eigenvalue weighted by atomic mass is 32.2. The summed E-state index contributed by atoms with van der Waals surface area (Å²) in [6.07, 6.45) is 2.25. The van der Waals surface area contributed by atoms with Crippen molar-refractivity contribution in [2.45, 2.75) is 31.6 Å². The summed E-state index contributed by atoms with van der Waals surface area (Å²) in [7, 11) is -3.91. The minimum atomic E-state index is -3.91. The van der Waals surface area contributed by atoms with Gasteiger partial charge >= 0.3 is 5.97 Å². The van der Waals surface area contributed by atoms with Gasteiger partial charge in [-0.05, 0) is 24.1 Å². The molecule has 1 aromatic heterocycles. The van der Waals surface area contributed by atoms with Crippen LogP contribution in [0.15, 0.2) is 33.8 Å². The molecule has 0 amide bonds. The van der Waals surface area contributed by atoms with E-state index < -0.39 is 16.0 Å². The molecule has 118 valence electrons. The van der Waals surface area contributed by atoms with Crippen LogP contribution in [0.1, 0.15) is 35.5 Å². The molecule has 0 aliphatic carbocycles. The monoisotopic (exact) mass is 324 g/mol. The molecule has 2 N–H and O–H groups in total. The van der Waals surface area contributed by atoms with Crippen LogP contribution >= 0.6 is 0 Å². The fourth-order valence-corrected chi connectivity index (χ4v) is 3.13. The van der Waals surface area contributed by atoms with E-state index in [-0.39, 0.29) is 16.1 Å². The summed E-state index contributed by atoms with van der Waals surface area (Å²) in [4.78, 5) is 11.1. The second kappa shape index (κ2) is 6.18. The Kier molecular flexibility index (Phi) is 4.51. The van der Waals surface area contributed by atoms with E-state index in [1.807, 2.05) is 0 Å². The lowest BCUT2D eigenvalue weighted by molar-refractivity contribution is 0.0695. The van der Waals surface area contributed by atoms with Gasteiger partial charge in [-0.15, -0.1) is 0 Å². The highest BCUT2D eigenvalue weighted by Crippen LogP contribution is 2.22. The Balaban J connectivity index is 2.41. The first-order chi connectivity index (χ1) is 10.4. The number of sulfonamides is 1. The van der Waals surface area contributed by atoms with Crippen LogP contribution in [-0.2, 0) is 22.9 Å². The van der Waals surface area contributed by atoms with Crippen molar-refractivity contribution in [3.8, 4) is 0 Å². The average molecular weight is 324 g/mol. The lowest BCUT2D eigenvalue weighted by atomic mass is 10.1. The smallest absolute Gasteiger partial charge is 0.336 e. The van der Waals surface area contributed by atoms with Gasteiger partial charge in [-0.2, -0.15) is 0 Å². The van der Waals surface area contributed by atoms with Gasteiger partial charge in [0.05, 0.1) is 16.7 Å². The molecule has 0 unspecified atom stereocenters. The van der Waals surface area contributed by atoms with E-state index in [0.717, 1.165) is 6.07 Å². The summed E-state index contributed by atoms with van der Waals surface area (Å²) < 4.78 is 32.0. The van der Waals surface area contributed by atoms with Crippen LogP contribution in [0.4, 0.5) is 5.69 Å². The van der Waals surface area contributed by atoms with Crippen LogP contribution in [0.2, 0.25) is 0 Å². The molecule has 0 aliphatic heterocycles. The normalized spacial score (nSPS) is 11.4. The number of hydrogen-bond acceptors (Lipinski definition) is 5. The van der Waals surface area contributed by atoms with Gasteiger partial charge in [0.1, 0.15) is 5.69 Å². The molecule has 2 rings (SSSR count). The van der Waals surface area contributed by atoms with Crippen LogP contribution in [0.25, 0.3) is 0 Å². The summed E-state index contributed by atoms with van der Waals surface area (Å²) in [6, 6.07) is 4.04. The maximum Gasteiger partial charge on any atom is 0.336 e. The number of anilines is 1. The number of rotatable bonds is 6. The number of carbonyl (C=O) groups is 1. The fraction of sp³-hybridized carbons (Fsp3) is 0.286. The van der Waals surface area contributed by atoms with Crippen LogP contribution in [0.3, 0.4) is 0 Å². The quantitative estimate of drug-likeness (QED) is 0.843. The number of carboxylic acid groups (broad SMARTS) is 1. The maximum atomic E-state index is 12.4. The first-order valence-corrected chi connectivity index (χ1v) is 8.20. The van der Waals surface area contributed by atoms with Gasteiger partial charge in [0.2, 0.25) is 0 Å². The molecule has 0 aliphatic rings. The van der Waals surface area contributed by atoms with Gasteiger partial charge in [-0.1, -0.05) is 25.1 Å². The Morgan fingerprint density at radius 1 is 1.32 bits per heavy atom. The Bertz CT molecular complexity index is 795. The van der Waals surface area contributed by atoms with Gasteiger partial charge in [-0.25, -0.2) is 13.2 Å². The molecule has 8 heteroatoms. The van der Waals surface area contributed by atoms with Crippen molar-refractivity contribution in [2.75, 3.05) is 4.72 Å². The number of nitrogens with zero attached hydrogens (tertiary/aromatic N) is 1. The number of carboxylic acids is 1. The van der Waals surface area contributed by atoms with Gasteiger partial charge in [0.15, 0.2) is 5.76 Å². The van der Waals surface area contributed by atoms with E-state index in [2.05, 4.69) is 9.88 Å². The van der Waals surface area contributed by atoms with Crippen molar-refractivity contribution in [2.24, 2.45) is 0 Å². The van der Waals surface area contributed by atoms with Crippen LogP contribution in [0, 0.1) is 0 Å². The van der Waals surface area contributed by atoms with Crippen LogP contribution < -0.4 is 4.72 Å². The second-order valence-electron chi connectivity index (χ2n) is 4.60. The van der Waals surface area contributed by atoms with Gasteiger partial charge in [0, 0.05) is 6.42 Å². The lowest BCUT2D eigenvalue weighted by Gasteiger charge is -2.09. The summed E-state index contributed by atoms with van der Waals surface area (Å²) in [5.74, 6) is -0.750. The Labute approximate surface area is 128 Å². The van der Waals surface area contributed by atoms with E-state index in [9.17, 15) is 18.3 Å². The fourth-order valence-electron chi connectivity index (χ4n) is 2.04. The zero-order valence-electron chi connectivity index (χ0n) is 12.2. The topological polar surface area (TPSA) is 110 Å². The number of benzene rings is 1. The van der Waals surface area contributed by atoms with E-state index in [0.29, 0.717) is 24.2 Å². The third kappa shape index (κ3) is 3.11. The molecule has 7 nitrogen and oxygen atoms in total. The zero-order valence-corrected chi connectivity index (χ0v) is 13.0. The summed E-state index contributed by atoms with van der Waals surface area (Å²) in [5.41, 5.74) is 0.802. The van der Waals surface area contributed by atoms with Gasteiger partial charge in [0.25, 0.3) is 10.0 Å². The standard InChI is InChI=1S/C14H16N2O5S/c1-3-9-5-6-10(7-11(9)14(17)18)22(19,20)16-12-8-15-21-13(12)4-2/h5-8,16H,3-4H2,1-2H3,(H,17,18). The number of hydrogen-bond donors (Lipinski definition) is 2. The van der Waals surface area contributed by atoms with Crippen molar-refractivity contribution >= 4 is 21.7 Å². The molecule has 0 saturated carbocycles. The van der Waals surface area contributed by atoms with Gasteiger partial charge in [-0.3, -0.25) is 4.72 Å². The van der Waals surface area contributed by atoms with E-state index in [1.165, 1.54) is 18.3 Å². The lowest BCUT2D eigenvalue weighted by Crippen LogP contribution is -2.15. The SMILES string of the molecule is CCc1ccc(S(=O)(=O)Nc2cnoc2CC)cc1C(=O)O. The minimum Gasteiger partial charge on any atom is -0.478 e. The van der Waals surface area contributed by atoms with E-state index >= 15 is 0 Å². The highest BCUT2D eigenvalue weighted by molar-refractivity contribution is 7.92. The molecule has 1 heterocycles. The first kappa shape index (κ1) is 16.0. The Morgan fingerprint density at radius 2 is 2.05 bits per heavy atom. The van der Waals surface area contributed by atoms with Crippen molar-refractivity contribution in [3.05, 3.63) is 41.3 Å². The van der Waals surface area contributed by atoms with Crippen LogP contribution in [-0.4, -0.2) is 24.7 Å². The van der Waals surface area contributed by atoms with Crippen molar-refractivity contribution in [3.63, 3.8) is 0 Å². The third-order valence-corrected chi connectivity index (χ3v) is 4.58. The summed E-state index contributed by atoms with van der Waals surface area (Å²) in [5, 5.41) is 12.7. The Hall–Kier alpha value is -2.35. The largest absolute Gasteiger partial charge is 0.478 e. The van der Waals surface area contributed by atoms with Crippen LogP contribution in [0.5, 0.6) is 0 Å². The molecule has 1 aromatic carbocycles. The minimum absolute atomic E-state index is 0.0218. The first-order valence-electron chi connectivity index (χ1n) is 6.71. The molecule has 0 radical (unpaired) electrons. The predicted octanol–water partition coefficient (Wildman–Crippen LogP) is 2.30. The maximum absolute atomic E-state index is 12.4. The molecule has 0 fully saturated rings. The molecular formula is C14H16N2O5S. The van der Waals surface area contributed by atoms with E-state index in [4.69, 9.17) is 4.52 Å². The Morgan fingerprint density at radius 3 is 2.64 bits per heavy atom. The molecule has 0 spiro atoms. The van der Waals surface area contributed by atoms with Crippen molar-refractivity contribution in [1.82, 2.24) is 5.16 Å². The summed E-state index contributed by atoms with van der Waals surface area (Å²) in [6.45, 7) is 3.61. The molecule has 22 heavy (non-hydrogen) atoms. The predicted molar refractivity (Wildman–Crippen MR) is 79.5 cm³/mol. The van der Waals surface area contributed by atoms with E-state index in [1.54, 1.807) is 13.8 Å². The van der Waals surface area contributed by atoms with Crippen molar-refractivity contribution in [1.29, 1.82) is 0 Å². The third-order valence-electron chi connectivity index (χ3n) is 3.21. The number of aryl methyl sites for hydroxylation is 2. The molecule has 0 saturated heterocycles. The highest BCUT2D eigenvalue weighted by Gasteiger charge is 2.20. The molecule has 0 bridgehead atoms. The number of nitrogens with one attached hydrogen (secondary N) is 1. The number of aromatic carboxylic acids is 1. The zero-order chi connectivity index (χ0) is 16.3. The molecular weight excluding hydrogens is 308 g/mol. The van der Waals surface area contributed by atoms with Gasteiger partial charge < -0.3 is 9.63 Å². The second-order valence-corrected chi connectivity index (χ2v) is 6.28. The molecule has 0 atom stereocenters. The van der Waals surface area contributed by atoms with Crippen molar-refractivity contribution < 1.29 is 22.8 Å². The summed E-state index contributed by atoms with van der Waals surface area (Å²) >= 11 is 0.